The van der Waals surface area contributed by atoms with Crippen LogP contribution in [0.4, 0.5) is 5.69 Å². The van der Waals surface area contributed by atoms with Gasteiger partial charge in [0.25, 0.3) is 5.91 Å². The maximum atomic E-state index is 13.1. The number of benzene rings is 2. The van der Waals surface area contributed by atoms with Crippen LogP contribution < -0.4 is 16.0 Å². The van der Waals surface area contributed by atoms with E-state index in [0.717, 1.165) is 19.1 Å². The zero-order chi connectivity index (χ0) is 25.0. The van der Waals surface area contributed by atoms with E-state index in [-0.39, 0.29) is 38.9 Å². The van der Waals surface area contributed by atoms with Crippen molar-refractivity contribution in [1.82, 2.24) is 5.32 Å². The normalized spacial score (nSPS) is 15.5. The number of carbonyl (C=O) groups is 3. The third kappa shape index (κ3) is 4.19. The molecular weight excluding hydrogens is 460 g/mol. The quantitative estimate of drug-likeness (QED) is 0.623. The third-order valence-electron chi connectivity index (χ3n) is 5.29. The average molecular weight is 481 g/mol. The summed E-state index contributed by atoms with van der Waals surface area (Å²) in [5, 5.41) is 12.7. The molecule has 1 unspecified atom stereocenters. The zero-order valence-electron chi connectivity index (χ0n) is 18.6. The Balaban J connectivity index is 2.44. The second-order valence-electron chi connectivity index (χ2n) is 7.08. The molecule has 10 heteroatoms. The van der Waals surface area contributed by atoms with E-state index in [1.807, 2.05) is 0 Å². The first-order valence-electron chi connectivity index (χ1n) is 9.97. The number of nitriles is 1. The van der Waals surface area contributed by atoms with E-state index in [0.29, 0.717) is 5.56 Å². The van der Waals surface area contributed by atoms with Crippen molar-refractivity contribution in [3.05, 3.63) is 87.3 Å². The molecule has 0 saturated heterocycles. The lowest BCUT2D eigenvalue weighted by atomic mass is 9.81. The predicted octanol–water partition coefficient (Wildman–Crippen LogP) is 2.60. The Kier molecular flexibility index (Phi) is 7.24. The molecule has 9 nitrogen and oxygen atoms in total. The van der Waals surface area contributed by atoms with Gasteiger partial charge in [0, 0.05) is 12.6 Å². The summed E-state index contributed by atoms with van der Waals surface area (Å²) in [6.45, 7) is 0. The van der Waals surface area contributed by atoms with E-state index < -0.39 is 23.8 Å². The number of nitrogens with two attached hydrogens (primary N) is 1. The molecule has 0 aliphatic carbocycles. The SMILES string of the molecule is CNC(=O)c1ccc(Cl)c(N2C(N)=C(C#N)C(c3ccccc3)C(C(=O)OC)=C2C(=O)OC)c1. The highest BCUT2D eigenvalue weighted by Gasteiger charge is 2.43. The highest BCUT2D eigenvalue weighted by molar-refractivity contribution is 6.33. The number of nitrogens with zero attached hydrogens (tertiary/aromatic N) is 2. The minimum absolute atomic E-state index is 0.0133. The van der Waals surface area contributed by atoms with Crippen molar-refractivity contribution >= 4 is 35.1 Å². The molecule has 3 N–H and O–H groups in total. The number of anilines is 1. The number of rotatable bonds is 5. The van der Waals surface area contributed by atoms with Gasteiger partial charge in [0.15, 0.2) is 0 Å². The van der Waals surface area contributed by atoms with Crippen LogP contribution >= 0.6 is 11.6 Å². The van der Waals surface area contributed by atoms with Gasteiger partial charge in [0.2, 0.25) is 0 Å². The van der Waals surface area contributed by atoms with Crippen molar-refractivity contribution in [1.29, 1.82) is 5.26 Å². The van der Waals surface area contributed by atoms with E-state index in [9.17, 15) is 19.6 Å². The van der Waals surface area contributed by atoms with Gasteiger partial charge in [0.05, 0.1) is 48.1 Å². The largest absolute Gasteiger partial charge is 0.466 e. The predicted molar refractivity (Wildman–Crippen MR) is 124 cm³/mol. The van der Waals surface area contributed by atoms with Crippen LogP contribution in [-0.4, -0.2) is 39.1 Å². The van der Waals surface area contributed by atoms with Gasteiger partial charge in [-0.05, 0) is 23.8 Å². The summed E-state index contributed by atoms with van der Waals surface area (Å²) in [6.07, 6.45) is 0. The Bertz CT molecular complexity index is 1260. The molecule has 34 heavy (non-hydrogen) atoms. The Morgan fingerprint density at radius 2 is 1.74 bits per heavy atom. The minimum atomic E-state index is -1.01. The molecule has 0 radical (unpaired) electrons. The zero-order valence-corrected chi connectivity index (χ0v) is 19.3. The number of hydrogen-bond donors (Lipinski definition) is 2. The van der Waals surface area contributed by atoms with Crippen LogP contribution in [0.5, 0.6) is 0 Å². The summed E-state index contributed by atoms with van der Waals surface area (Å²) in [5.41, 5.74) is 6.83. The molecule has 1 atom stereocenters. The van der Waals surface area contributed by atoms with Crippen LogP contribution in [0.2, 0.25) is 5.02 Å². The van der Waals surface area contributed by atoms with E-state index in [4.69, 9.17) is 26.8 Å². The minimum Gasteiger partial charge on any atom is -0.466 e. The number of hydrogen-bond acceptors (Lipinski definition) is 8. The average Bonchev–Trinajstić information content (AvgIpc) is 2.87. The van der Waals surface area contributed by atoms with Crippen molar-refractivity contribution in [2.75, 3.05) is 26.2 Å². The smallest absolute Gasteiger partial charge is 0.355 e. The molecule has 0 fully saturated rings. The van der Waals surface area contributed by atoms with Crippen molar-refractivity contribution in [3.63, 3.8) is 0 Å². The summed E-state index contributed by atoms with van der Waals surface area (Å²) < 4.78 is 9.96. The molecule has 0 bridgehead atoms. The number of nitrogens with one attached hydrogen (secondary N) is 1. The first-order chi connectivity index (χ1) is 16.3. The van der Waals surface area contributed by atoms with Gasteiger partial charge in [-0.2, -0.15) is 5.26 Å². The van der Waals surface area contributed by atoms with Gasteiger partial charge in [0.1, 0.15) is 11.5 Å². The second-order valence-corrected chi connectivity index (χ2v) is 7.49. The first-order valence-corrected chi connectivity index (χ1v) is 10.4. The van der Waals surface area contributed by atoms with E-state index >= 15 is 0 Å². The van der Waals surface area contributed by atoms with Crippen LogP contribution in [-0.2, 0) is 19.1 Å². The fourth-order valence-electron chi connectivity index (χ4n) is 3.73. The Morgan fingerprint density at radius 1 is 1.09 bits per heavy atom. The van der Waals surface area contributed by atoms with Crippen LogP contribution in [0.15, 0.2) is 71.2 Å². The van der Waals surface area contributed by atoms with Crippen LogP contribution in [0.1, 0.15) is 21.8 Å². The Hall–Kier alpha value is -4.29. The summed E-state index contributed by atoms with van der Waals surface area (Å²) in [5.74, 6) is -3.36. The molecule has 174 valence electrons. The van der Waals surface area contributed by atoms with Crippen molar-refractivity contribution in [2.24, 2.45) is 5.73 Å². The van der Waals surface area contributed by atoms with Gasteiger partial charge in [-0.1, -0.05) is 41.9 Å². The van der Waals surface area contributed by atoms with Crippen LogP contribution in [0, 0.1) is 11.3 Å². The number of halogens is 1. The highest BCUT2D eigenvalue weighted by atomic mass is 35.5. The van der Waals surface area contributed by atoms with Gasteiger partial charge in [-0.15, -0.1) is 0 Å². The molecular formula is C24H21ClN4O5. The standard InChI is InChI=1S/C24H21ClN4O5/c1-28-22(30)14-9-10-16(25)17(11-14)29-20(24(32)34-3)19(23(31)33-2)18(15(12-26)21(29)27)13-7-5-4-6-8-13/h4-11,18H,27H2,1-3H3,(H,28,30). The lowest BCUT2D eigenvalue weighted by Gasteiger charge is -2.36. The van der Waals surface area contributed by atoms with Gasteiger partial charge >= 0.3 is 11.9 Å². The molecule has 2 aromatic rings. The molecule has 2 aromatic carbocycles. The number of allylic oxidation sites excluding steroid dienone is 1. The molecule has 3 rings (SSSR count). The number of esters is 2. The first kappa shape index (κ1) is 24.4. The van der Waals surface area contributed by atoms with Gasteiger partial charge in [-0.25, -0.2) is 9.59 Å². The Labute approximate surface area is 201 Å². The maximum absolute atomic E-state index is 13.1. The summed E-state index contributed by atoms with van der Waals surface area (Å²) in [7, 11) is 3.75. The number of ether oxygens (including phenoxy) is 2. The number of methoxy groups -OCH3 is 2. The second kappa shape index (κ2) is 10.1. The van der Waals surface area contributed by atoms with Gasteiger partial charge in [-0.3, -0.25) is 9.69 Å². The van der Waals surface area contributed by atoms with E-state index in [1.54, 1.807) is 30.3 Å². The van der Waals surface area contributed by atoms with Crippen LogP contribution in [0.3, 0.4) is 0 Å². The molecule has 0 aromatic heterocycles. The van der Waals surface area contributed by atoms with Gasteiger partial charge < -0.3 is 20.5 Å². The fourth-order valence-corrected chi connectivity index (χ4v) is 3.94. The molecule has 1 heterocycles. The third-order valence-corrected chi connectivity index (χ3v) is 5.61. The topological polar surface area (TPSA) is 135 Å². The van der Waals surface area contributed by atoms with Crippen molar-refractivity contribution in [2.45, 2.75) is 5.92 Å². The monoisotopic (exact) mass is 480 g/mol. The summed E-state index contributed by atoms with van der Waals surface area (Å²) in [4.78, 5) is 39.5. The summed E-state index contributed by atoms with van der Waals surface area (Å²) in [6, 6.07) is 15.0. The molecule has 0 spiro atoms. The molecule has 1 aliphatic rings. The molecule has 1 aliphatic heterocycles. The number of amides is 1. The summed E-state index contributed by atoms with van der Waals surface area (Å²) >= 11 is 6.44. The fraction of sp³-hybridized carbons (Fsp3) is 0.167. The van der Waals surface area contributed by atoms with Crippen LogP contribution in [0.25, 0.3) is 0 Å². The lowest BCUT2D eigenvalue weighted by Crippen LogP contribution is -2.41. The number of carbonyl (C=O) groups excluding carboxylic acids is 3. The molecule has 0 saturated carbocycles. The highest BCUT2D eigenvalue weighted by Crippen LogP contribution is 2.44. The lowest BCUT2D eigenvalue weighted by molar-refractivity contribution is -0.139. The van der Waals surface area contributed by atoms with Crippen molar-refractivity contribution < 1.29 is 23.9 Å². The molecule has 1 amide bonds. The van der Waals surface area contributed by atoms with E-state index in [1.165, 1.54) is 25.2 Å². The van der Waals surface area contributed by atoms with E-state index in [2.05, 4.69) is 11.4 Å². The van der Waals surface area contributed by atoms with Crippen molar-refractivity contribution in [3.8, 4) is 6.07 Å². The maximum Gasteiger partial charge on any atom is 0.355 e. The Morgan fingerprint density at radius 3 is 2.29 bits per heavy atom.